The van der Waals surface area contributed by atoms with E-state index in [0.29, 0.717) is 14.6 Å². The summed E-state index contributed by atoms with van der Waals surface area (Å²) in [6.07, 6.45) is 5.48. The first-order valence-corrected chi connectivity index (χ1v) is 13.3. The highest BCUT2D eigenvalue weighted by atomic mass is 31.1. The molecule has 2 aliphatic rings. The van der Waals surface area contributed by atoms with E-state index in [4.69, 9.17) is 4.74 Å². The summed E-state index contributed by atoms with van der Waals surface area (Å²) in [7, 11) is 4.27. The first-order valence-electron chi connectivity index (χ1n) is 12.2. The minimum Gasteiger partial charge on any atom is -0.496 e. The normalized spacial score (nSPS) is 21.7. The first-order chi connectivity index (χ1) is 17.0. The second-order valence-corrected chi connectivity index (χ2v) is 10.6. The Bertz CT molecular complexity index is 962. The number of methoxy groups -OCH3 is 1. The highest BCUT2D eigenvalue weighted by Crippen LogP contribution is 2.41. The van der Waals surface area contributed by atoms with Crippen molar-refractivity contribution >= 4 is 20.2 Å². The van der Waals surface area contributed by atoms with Crippen LogP contribution in [0, 0.1) is 12.8 Å². The van der Waals surface area contributed by atoms with Crippen LogP contribution in [0.5, 0.6) is 5.75 Å². The summed E-state index contributed by atoms with van der Waals surface area (Å²) in [5.74, 6) is -0.0368. The van der Waals surface area contributed by atoms with Crippen molar-refractivity contribution in [2.45, 2.75) is 52.1 Å². The zero-order valence-corrected chi connectivity index (χ0v) is 23.0. The predicted octanol–water partition coefficient (Wildman–Crippen LogP) is 5.78. The minimum absolute atomic E-state index is 0.170. The summed E-state index contributed by atoms with van der Waals surface area (Å²) in [5, 5.41) is 4.55. The van der Waals surface area contributed by atoms with Crippen LogP contribution in [0.15, 0.2) is 48.3 Å². The number of halogens is 3. The van der Waals surface area contributed by atoms with Gasteiger partial charge in [-0.15, -0.1) is 0 Å². The maximum absolute atomic E-state index is 11.4. The van der Waals surface area contributed by atoms with Gasteiger partial charge in [-0.2, -0.15) is 13.2 Å². The molecule has 200 valence electrons. The van der Waals surface area contributed by atoms with Gasteiger partial charge in [0.1, 0.15) is 12.0 Å². The molecule has 9 heteroatoms. The molecule has 0 aliphatic carbocycles. The van der Waals surface area contributed by atoms with Crippen LogP contribution in [0.3, 0.4) is 0 Å². The standard InChI is InChI=1S/C22H30N3O2P.C5H9F3/c1-16-13-18(5-7-20(16)27-4)21(9-12-26)28-22-8-6-19(15-24(22)3)25-11-10-23-17(2)14-25;1-3-4(2)5(6,7)8/h5-9,12-13,15,17,22-23,28H,10-11,14H2,1-4H3;4H,3H2,1-2H3/b21-9-;/t17-,22?;/m0./s1. The fourth-order valence-corrected chi connectivity index (χ4v) is 5.17. The monoisotopic (exact) mass is 525 g/mol. The fourth-order valence-electron chi connectivity index (χ4n) is 3.89. The lowest BCUT2D eigenvalue weighted by Gasteiger charge is -2.38. The molecule has 0 saturated carbocycles. The number of ether oxygens (including phenoxy) is 1. The Morgan fingerprint density at radius 2 is 2.08 bits per heavy atom. The molecule has 1 fully saturated rings. The lowest BCUT2D eigenvalue weighted by atomic mass is 10.1. The van der Waals surface area contributed by atoms with E-state index in [-0.39, 0.29) is 12.2 Å². The molecule has 1 saturated heterocycles. The van der Waals surface area contributed by atoms with E-state index in [1.807, 2.05) is 19.1 Å². The van der Waals surface area contributed by atoms with E-state index in [2.05, 4.69) is 53.5 Å². The van der Waals surface area contributed by atoms with Crippen molar-refractivity contribution in [1.82, 2.24) is 15.1 Å². The van der Waals surface area contributed by atoms with Crippen LogP contribution in [-0.2, 0) is 4.79 Å². The van der Waals surface area contributed by atoms with Crippen molar-refractivity contribution in [2.75, 3.05) is 33.8 Å². The van der Waals surface area contributed by atoms with E-state index in [1.165, 1.54) is 19.5 Å². The molecule has 36 heavy (non-hydrogen) atoms. The number of allylic oxidation sites excluding steroid dienone is 2. The Morgan fingerprint density at radius 1 is 1.36 bits per heavy atom. The van der Waals surface area contributed by atoms with Crippen LogP contribution >= 0.6 is 8.58 Å². The van der Waals surface area contributed by atoms with Gasteiger partial charge >= 0.3 is 6.18 Å². The average Bonchev–Trinajstić information content (AvgIpc) is 2.84. The SMILES string of the molecule is CCC(C)C(F)(F)F.COc1ccc(/C(=C/C=O)PC2C=CC(N3CCN[C@@H](C)C3)=CN2C)cc1C. The molecule has 0 amide bonds. The first kappa shape index (κ1) is 29.9. The maximum atomic E-state index is 11.4. The number of nitrogens with zero attached hydrogens (tertiary/aromatic N) is 2. The fraction of sp³-hybridized carbons (Fsp3) is 0.519. The molecule has 3 rings (SSSR count). The number of hydrogen-bond acceptors (Lipinski definition) is 5. The zero-order valence-electron chi connectivity index (χ0n) is 22.0. The molecule has 0 aromatic heterocycles. The molecule has 4 atom stereocenters. The topological polar surface area (TPSA) is 44.8 Å². The lowest BCUT2D eigenvalue weighted by Crippen LogP contribution is -2.49. The number of piperazine rings is 1. The number of alkyl halides is 3. The average molecular weight is 526 g/mol. The molecule has 1 N–H and O–H groups in total. The molecular weight excluding hydrogens is 486 g/mol. The van der Waals surface area contributed by atoms with Gasteiger partial charge in [-0.05, 0) is 61.0 Å². The number of aldehydes is 1. The van der Waals surface area contributed by atoms with Gasteiger partial charge in [0.2, 0.25) is 0 Å². The summed E-state index contributed by atoms with van der Waals surface area (Å²) in [4.78, 5) is 15.9. The van der Waals surface area contributed by atoms with Gasteiger partial charge in [0.15, 0.2) is 0 Å². The number of hydrogen-bond donors (Lipinski definition) is 1. The Balaban J connectivity index is 0.000000493. The molecule has 2 heterocycles. The summed E-state index contributed by atoms with van der Waals surface area (Å²) in [6.45, 7) is 10.0. The number of likely N-dealkylation sites (N-methyl/N-ethyl adjacent to an activating group) is 1. The van der Waals surface area contributed by atoms with Crippen LogP contribution < -0.4 is 10.1 Å². The number of aryl methyl sites for hydroxylation is 1. The molecule has 1 aromatic carbocycles. The number of carbonyl (C=O) groups excluding carboxylic acids is 1. The molecule has 3 unspecified atom stereocenters. The van der Waals surface area contributed by atoms with Gasteiger partial charge in [0.05, 0.1) is 24.5 Å². The van der Waals surface area contributed by atoms with E-state index in [9.17, 15) is 18.0 Å². The minimum atomic E-state index is -3.99. The molecule has 0 radical (unpaired) electrons. The van der Waals surface area contributed by atoms with Gasteiger partial charge in [-0.25, -0.2) is 0 Å². The third-order valence-corrected chi connectivity index (χ3v) is 8.03. The van der Waals surface area contributed by atoms with Crippen LogP contribution in [0.1, 0.15) is 38.3 Å². The summed E-state index contributed by atoms with van der Waals surface area (Å²) < 4.78 is 39.7. The molecule has 2 aliphatic heterocycles. The van der Waals surface area contributed by atoms with E-state index >= 15 is 0 Å². The van der Waals surface area contributed by atoms with Crippen LogP contribution in [0.25, 0.3) is 5.31 Å². The second kappa shape index (κ2) is 13.8. The number of rotatable bonds is 7. The van der Waals surface area contributed by atoms with Crippen molar-refractivity contribution in [2.24, 2.45) is 5.92 Å². The van der Waals surface area contributed by atoms with Crippen molar-refractivity contribution in [3.63, 3.8) is 0 Å². The summed E-state index contributed by atoms with van der Waals surface area (Å²) in [6, 6.07) is 6.60. The molecule has 1 aromatic rings. The summed E-state index contributed by atoms with van der Waals surface area (Å²) >= 11 is 0. The smallest absolute Gasteiger partial charge is 0.391 e. The van der Waals surface area contributed by atoms with Crippen molar-refractivity contribution in [3.8, 4) is 5.75 Å². The van der Waals surface area contributed by atoms with Crippen molar-refractivity contribution in [1.29, 1.82) is 0 Å². The molecule has 0 bridgehead atoms. The Morgan fingerprint density at radius 3 is 2.58 bits per heavy atom. The third-order valence-electron chi connectivity index (χ3n) is 6.37. The number of carbonyl (C=O) groups is 1. The Kier molecular flexibility index (Phi) is 11.5. The largest absolute Gasteiger partial charge is 0.496 e. The van der Waals surface area contributed by atoms with Gasteiger partial charge in [0.25, 0.3) is 0 Å². The molecular formula is C27H39F3N3O2P. The number of nitrogens with one attached hydrogen (secondary N) is 1. The maximum Gasteiger partial charge on any atom is 0.391 e. The van der Waals surface area contributed by atoms with Gasteiger partial charge < -0.3 is 19.9 Å². The second-order valence-electron chi connectivity index (χ2n) is 9.22. The third kappa shape index (κ3) is 8.67. The molecule has 5 nitrogen and oxygen atoms in total. The van der Waals surface area contributed by atoms with E-state index in [1.54, 1.807) is 13.2 Å². The van der Waals surface area contributed by atoms with Gasteiger partial charge in [-0.3, -0.25) is 4.79 Å². The van der Waals surface area contributed by atoms with Crippen LogP contribution in [0.2, 0.25) is 0 Å². The zero-order chi connectivity index (χ0) is 26.9. The van der Waals surface area contributed by atoms with Gasteiger partial charge in [-0.1, -0.05) is 34.6 Å². The van der Waals surface area contributed by atoms with E-state index < -0.39 is 12.1 Å². The van der Waals surface area contributed by atoms with E-state index in [0.717, 1.165) is 48.1 Å². The van der Waals surface area contributed by atoms with Crippen molar-refractivity contribution < 1.29 is 22.7 Å². The van der Waals surface area contributed by atoms with Gasteiger partial charge in [0, 0.05) is 38.9 Å². The number of benzene rings is 1. The highest BCUT2D eigenvalue weighted by Gasteiger charge is 2.34. The highest BCUT2D eigenvalue weighted by molar-refractivity contribution is 7.51. The van der Waals surface area contributed by atoms with Crippen LogP contribution in [0.4, 0.5) is 13.2 Å². The predicted molar refractivity (Wildman–Crippen MR) is 143 cm³/mol. The summed E-state index contributed by atoms with van der Waals surface area (Å²) in [5.41, 5.74) is 3.42. The Labute approximate surface area is 215 Å². The van der Waals surface area contributed by atoms with Crippen molar-refractivity contribution in [3.05, 3.63) is 59.5 Å². The quantitative estimate of drug-likeness (QED) is 0.278. The lowest BCUT2D eigenvalue weighted by molar-refractivity contribution is -0.170. The Hall–Kier alpha value is -2.31. The van der Waals surface area contributed by atoms with Crippen LogP contribution in [-0.4, -0.2) is 67.9 Å². The molecule has 0 spiro atoms.